The largest absolute Gasteiger partial charge is 0.491 e. The molecule has 0 amide bonds. The van der Waals surface area contributed by atoms with Crippen LogP contribution in [0, 0.1) is 20.8 Å². The number of nitrogens with zero attached hydrogens (tertiary/aromatic N) is 2. The summed E-state index contributed by atoms with van der Waals surface area (Å²) in [5, 5.41) is 6.49. The third-order valence-corrected chi connectivity index (χ3v) is 3.92. The molecule has 7 nitrogen and oxygen atoms in total. The zero-order valence-corrected chi connectivity index (χ0v) is 16.2. The van der Waals surface area contributed by atoms with Gasteiger partial charge in [-0.25, -0.2) is 4.98 Å². The quantitative estimate of drug-likeness (QED) is 0.428. The highest BCUT2D eigenvalue weighted by Crippen LogP contribution is 2.20. The predicted octanol–water partition coefficient (Wildman–Crippen LogP) is 2.49. The van der Waals surface area contributed by atoms with E-state index in [0.29, 0.717) is 38.2 Å². The van der Waals surface area contributed by atoms with E-state index in [1.807, 2.05) is 26.8 Å². The molecule has 0 saturated heterocycles. The predicted molar refractivity (Wildman–Crippen MR) is 102 cm³/mol. The van der Waals surface area contributed by atoms with Crippen LogP contribution in [0.15, 0.2) is 27.6 Å². The first-order valence-corrected chi connectivity index (χ1v) is 8.62. The molecule has 0 aliphatic rings. The first-order valence-electron chi connectivity index (χ1n) is 8.62. The molecule has 0 spiro atoms. The maximum absolute atomic E-state index is 5.82. The van der Waals surface area contributed by atoms with Crippen LogP contribution in [0.3, 0.4) is 0 Å². The van der Waals surface area contributed by atoms with Crippen molar-refractivity contribution in [2.45, 2.75) is 33.9 Å². The maximum Gasteiger partial charge on any atom is 0.214 e. The number of methoxy groups -OCH3 is 1. The van der Waals surface area contributed by atoms with Gasteiger partial charge in [0.25, 0.3) is 0 Å². The molecule has 0 bridgehead atoms. The second-order valence-corrected chi connectivity index (χ2v) is 5.98. The fourth-order valence-electron chi connectivity index (χ4n) is 2.35. The van der Waals surface area contributed by atoms with E-state index in [9.17, 15) is 0 Å². The Bertz CT molecular complexity index is 721. The van der Waals surface area contributed by atoms with Gasteiger partial charge in [0.2, 0.25) is 5.89 Å². The highest BCUT2D eigenvalue weighted by atomic mass is 16.5. The lowest BCUT2D eigenvalue weighted by Gasteiger charge is -2.15. The van der Waals surface area contributed by atoms with Crippen molar-refractivity contribution >= 4 is 5.96 Å². The van der Waals surface area contributed by atoms with Crippen molar-refractivity contribution in [1.29, 1.82) is 0 Å². The van der Waals surface area contributed by atoms with Crippen molar-refractivity contribution in [3.05, 3.63) is 46.7 Å². The third kappa shape index (κ3) is 5.77. The minimum atomic E-state index is 0.472. The molecule has 2 N–H and O–H groups in total. The molecule has 1 heterocycles. The molecule has 1 aromatic carbocycles. The Morgan fingerprint density at radius 3 is 2.58 bits per heavy atom. The normalized spacial score (nSPS) is 11.5. The molecule has 0 aliphatic carbocycles. The summed E-state index contributed by atoms with van der Waals surface area (Å²) in [6, 6.07) is 6.15. The summed E-state index contributed by atoms with van der Waals surface area (Å²) in [4.78, 5) is 8.59. The van der Waals surface area contributed by atoms with Crippen molar-refractivity contribution in [2.24, 2.45) is 4.99 Å². The number of benzene rings is 1. The van der Waals surface area contributed by atoms with Gasteiger partial charge in [-0.3, -0.25) is 4.99 Å². The van der Waals surface area contributed by atoms with E-state index >= 15 is 0 Å². The summed E-state index contributed by atoms with van der Waals surface area (Å²) in [7, 11) is 3.39. The van der Waals surface area contributed by atoms with Gasteiger partial charge in [-0.05, 0) is 32.4 Å². The smallest absolute Gasteiger partial charge is 0.214 e. The van der Waals surface area contributed by atoms with Crippen molar-refractivity contribution in [3.8, 4) is 5.75 Å². The lowest BCUT2D eigenvalue weighted by atomic mass is 10.1. The molecule has 2 aromatic rings. The van der Waals surface area contributed by atoms with Gasteiger partial charge in [0.1, 0.15) is 18.1 Å². The second kappa shape index (κ2) is 9.82. The van der Waals surface area contributed by atoms with Crippen LogP contribution in [0.25, 0.3) is 0 Å². The Morgan fingerprint density at radius 1 is 1.15 bits per heavy atom. The Labute approximate surface area is 154 Å². The molecule has 2 rings (SSSR count). The molecule has 0 radical (unpaired) electrons. The number of hydrogen-bond donors (Lipinski definition) is 2. The molecule has 7 heteroatoms. The van der Waals surface area contributed by atoms with Crippen molar-refractivity contribution in [1.82, 2.24) is 15.6 Å². The molecule has 142 valence electrons. The summed E-state index contributed by atoms with van der Waals surface area (Å²) < 4.78 is 16.4. The summed E-state index contributed by atoms with van der Waals surface area (Å²) in [6.45, 7) is 8.01. The number of oxazole rings is 1. The van der Waals surface area contributed by atoms with E-state index in [1.54, 1.807) is 14.2 Å². The standard InChI is InChI=1S/C19H28N4O3/c1-13-6-7-16(17(10-13)25-9-8-24-5)11-21-19(20-4)22-12-18-23-14(2)15(3)26-18/h6-7,10H,8-9,11-12H2,1-5H3,(H2,20,21,22). The first kappa shape index (κ1) is 19.8. The number of hydrogen-bond acceptors (Lipinski definition) is 5. The van der Waals surface area contributed by atoms with Crippen molar-refractivity contribution in [3.63, 3.8) is 0 Å². The van der Waals surface area contributed by atoms with Crippen LogP contribution in [0.1, 0.15) is 28.5 Å². The number of ether oxygens (including phenoxy) is 2. The van der Waals surface area contributed by atoms with Gasteiger partial charge in [0, 0.05) is 26.3 Å². The molecule has 0 unspecified atom stereocenters. The van der Waals surface area contributed by atoms with Crippen LogP contribution in [-0.4, -0.2) is 38.3 Å². The molecule has 0 saturated carbocycles. The van der Waals surface area contributed by atoms with Gasteiger partial charge in [0.15, 0.2) is 5.96 Å². The SMILES string of the molecule is CN=C(NCc1nc(C)c(C)o1)NCc1ccc(C)cc1OCCOC. The maximum atomic E-state index is 5.82. The van der Waals surface area contributed by atoms with E-state index in [4.69, 9.17) is 13.9 Å². The lowest BCUT2D eigenvalue weighted by molar-refractivity contribution is 0.145. The molecule has 0 atom stereocenters. The summed E-state index contributed by atoms with van der Waals surface area (Å²) in [5.41, 5.74) is 3.11. The molecule has 0 aliphatic heterocycles. The number of aryl methyl sites for hydroxylation is 3. The fraction of sp³-hybridized carbons (Fsp3) is 0.474. The van der Waals surface area contributed by atoms with E-state index in [-0.39, 0.29) is 0 Å². The highest BCUT2D eigenvalue weighted by molar-refractivity contribution is 5.79. The van der Waals surface area contributed by atoms with Crippen LogP contribution in [0.4, 0.5) is 0 Å². The highest BCUT2D eigenvalue weighted by Gasteiger charge is 2.08. The number of aromatic nitrogens is 1. The number of nitrogens with one attached hydrogen (secondary N) is 2. The average Bonchev–Trinajstić information content (AvgIpc) is 2.94. The Hall–Kier alpha value is -2.54. The van der Waals surface area contributed by atoms with Crippen LogP contribution < -0.4 is 15.4 Å². The molecular formula is C19H28N4O3. The summed E-state index contributed by atoms with van der Waals surface area (Å²) >= 11 is 0. The first-order chi connectivity index (χ1) is 12.5. The zero-order chi connectivity index (χ0) is 18.9. The van der Waals surface area contributed by atoms with Gasteiger partial charge in [-0.1, -0.05) is 12.1 Å². The van der Waals surface area contributed by atoms with Crippen LogP contribution >= 0.6 is 0 Å². The minimum Gasteiger partial charge on any atom is -0.491 e. The van der Waals surface area contributed by atoms with Gasteiger partial charge in [0.05, 0.1) is 18.8 Å². The molecular weight excluding hydrogens is 332 g/mol. The van der Waals surface area contributed by atoms with Gasteiger partial charge in [-0.2, -0.15) is 0 Å². The van der Waals surface area contributed by atoms with E-state index in [1.165, 1.54) is 0 Å². The Kier molecular flexibility index (Phi) is 7.47. The van der Waals surface area contributed by atoms with E-state index in [0.717, 1.165) is 28.3 Å². The van der Waals surface area contributed by atoms with Gasteiger partial charge >= 0.3 is 0 Å². The van der Waals surface area contributed by atoms with E-state index < -0.39 is 0 Å². The van der Waals surface area contributed by atoms with Crippen molar-refractivity contribution < 1.29 is 13.9 Å². The van der Waals surface area contributed by atoms with Crippen molar-refractivity contribution in [2.75, 3.05) is 27.4 Å². The zero-order valence-electron chi connectivity index (χ0n) is 16.2. The number of aliphatic imine (C=N–C) groups is 1. The molecule has 1 aromatic heterocycles. The topological polar surface area (TPSA) is 80.9 Å². The molecule has 26 heavy (non-hydrogen) atoms. The molecule has 0 fully saturated rings. The monoisotopic (exact) mass is 360 g/mol. The lowest BCUT2D eigenvalue weighted by Crippen LogP contribution is -2.36. The second-order valence-electron chi connectivity index (χ2n) is 5.98. The van der Waals surface area contributed by atoms with Crippen LogP contribution in [0.5, 0.6) is 5.75 Å². The van der Waals surface area contributed by atoms with Crippen LogP contribution in [0.2, 0.25) is 0 Å². The fourth-order valence-corrected chi connectivity index (χ4v) is 2.35. The Balaban J connectivity index is 1.92. The summed E-state index contributed by atoms with van der Waals surface area (Å²) in [5.74, 6) is 3.00. The van der Waals surface area contributed by atoms with Gasteiger partial charge in [-0.15, -0.1) is 0 Å². The average molecular weight is 360 g/mol. The summed E-state index contributed by atoms with van der Waals surface area (Å²) in [6.07, 6.45) is 0. The number of guanidine groups is 1. The number of rotatable bonds is 8. The third-order valence-electron chi connectivity index (χ3n) is 3.92. The Morgan fingerprint density at radius 2 is 1.92 bits per heavy atom. The van der Waals surface area contributed by atoms with E-state index in [2.05, 4.69) is 32.7 Å². The van der Waals surface area contributed by atoms with Gasteiger partial charge < -0.3 is 24.5 Å². The van der Waals surface area contributed by atoms with Crippen LogP contribution in [-0.2, 0) is 17.8 Å². The minimum absolute atomic E-state index is 0.472.